The molecule has 1 aromatic rings. The van der Waals surface area contributed by atoms with Crippen molar-refractivity contribution in [2.75, 3.05) is 45.9 Å². The number of morpholine rings is 1. The summed E-state index contributed by atoms with van der Waals surface area (Å²) >= 11 is 0. The van der Waals surface area contributed by atoms with E-state index in [0.29, 0.717) is 52.2 Å². The van der Waals surface area contributed by atoms with Crippen LogP contribution in [0.2, 0.25) is 0 Å². The number of likely N-dealkylation sites (tertiary alicyclic amines) is 1. The third-order valence-corrected chi connectivity index (χ3v) is 4.25. The standard InChI is InChI=1S/C13H22N6O3/c20-12(1-3-19-11-14-15-16-19)18-4-2-13(21,10-18)9-17-5-7-22-8-6-17/h11,21H,1-10H2. The highest BCUT2D eigenvalue weighted by Crippen LogP contribution is 2.23. The van der Waals surface area contributed by atoms with E-state index in [-0.39, 0.29) is 5.91 Å². The fourth-order valence-corrected chi connectivity index (χ4v) is 3.02. The second-order valence-corrected chi connectivity index (χ2v) is 6.00. The van der Waals surface area contributed by atoms with Gasteiger partial charge in [-0.3, -0.25) is 9.69 Å². The van der Waals surface area contributed by atoms with Gasteiger partial charge in [0.1, 0.15) is 6.33 Å². The van der Waals surface area contributed by atoms with Crippen molar-refractivity contribution in [1.29, 1.82) is 0 Å². The Kier molecular flexibility index (Phi) is 4.65. The molecule has 2 saturated heterocycles. The molecule has 0 spiro atoms. The summed E-state index contributed by atoms with van der Waals surface area (Å²) in [5, 5.41) is 21.5. The van der Waals surface area contributed by atoms with Gasteiger partial charge in [0.2, 0.25) is 5.91 Å². The molecule has 0 bridgehead atoms. The Morgan fingerprint density at radius 1 is 1.32 bits per heavy atom. The molecule has 1 atom stereocenters. The van der Waals surface area contributed by atoms with Gasteiger partial charge in [-0.1, -0.05) is 0 Å². The molecular weight excluding hydrogens is 288 g/mol. The van der Waals surface area contributed by atoms with Crippen LogP contribution in [0.25, 0.3) is 0 Å². The van der Waals surface area contributed by atoms with Crippen LogP contribution >= 0.6 is 0 Å². The monoisotopic (exact) mass is 310 g/mol. The fraction of sp³-hybridized carbons (Fsp3) is 0.846. The molecule has 9 nitrogen and oxygen atoms in total. The first kappa shape index (κ1) is 15.3. The topological polar surface area (TPSA) is 96.6 Å². The summed E-state index contributed by atoms with van der Waals surface area (Å²) in [6.45, 7) is 5.19. The predicted molar refractivity (Wildman–Crippen MR) is 75.8 cm³/mol. The molecule has 22 heavy (non-hydrogen) atoms. The Bertz CT molecular complexity index is 490. The van der Waals surface area contributed by atoms with Crippen LogP contribution in [-0.2, 0) is 16.1 Å². The van der Waals surface area contributed by atoms with Crippen molar-refractivity contribution >= 4 is 5.91 Å². The summed E-state index contributed by atoms with van der Waals surface area (Å²) in [4.78, 5) is 16.2. The average molecular weight is 310 g/mol. The molecule has 122 valence electrons. The van der Waals surface area contributed by atoms with E-state index in [2.05, 4.69) is 20.4 Å². The number of nitrogens with zero attached hydrogens (tertiary/aromatic N) is 6. The molecule has 2 fully saturated rings. The number of hydrogen-bond acceptors (Lipinski definition) is 7. The average Bonchev–Trinajstić information content (AvgIpc) is 3.16. The maximum Gasteiger partial charge on any atom is 0.224 e. The minimum atomic E-state index is -0.804. The van der Waals surface area contributed by atoms with Crippen molar-refractivity contribution in [1.82, 2.24) is 30.0 Å². The SMILES string of the molecule is O=C(CCn1cnnn1)N1CCC(O)(CN2CCOCC2)C1. The van der Waals surface area contributed by atoms with Crippen molar-refractivity contribution in [3.63, 3.8) is 0 Å². The Hall–Kier alpha value is -1.58. The van der Waals surface area contributed by atoms with E-state index >= 15 is 0 Å². The first-order valence-corrected chi connectivity index (χ1v) is 7.66. The van der Waals surface area contributed by atoms with Crippen LogP contribution in [0.4, 0.5) is 0 Å². The molecule has 0 aromatic carbocycles. The van der Waals surface area contributed by atoms with Gasteiger partial charge in [-0.25, -0.2) is 4.68 Å². The van der Waals surface area contributed by atoms with Crippen LogP contribution in [0.1, 0.15) is 12.8 Å². The fourth-order valence-electron chi connectivity index (χ4n) is 3.02. The Balaban J connectivity index is 1.46. The minimum Gasteiger partial charge on any atom is -0.387 e. The maximum absolute atomic E-state index is 12.2. The molecule has 1 aromatic heterocycles. The van der Waals surface area contributed by atoms with Crippen LogP contribution in [0.15, 0.2) is 6.33 Å². The first-order valence-electron chi connectivity index (χ1n) is 7.66. The molecule has 1 unspecified atom stereocenters. The second kappa shape index (κ2) is 6.67. The summed E-state index contributed by atoms with van der Waals surface area (Å²) in [5.41, 5.74) is -0.804. The molecule has 1 amide bonds. The van der Waals surface area contributed by atoms with Crippen molar-refractivity contribution in [3.8, 4) is 0 Å². The molecular formula is C13H22N6O3. The summed E-state index contributed by atoms with van der Waals surface area (Å²) in [6, 6.07) is 0. The number of aryl methyl sites for hydroxylation is 1. The number of aliphatic hydroxyl groups is 1. The normalized spacial score (nSPS) is 26.5. The van der Waals surface area contributed by atoms with Gasteiger partial charge in [-0.2, -0.15) is 0 Å². The van der Waals surface area contributed by atoms with Crippen molar-refractivity contribution in [2.24, 2.45) is 0 Å². The summed E-state index contributed by atoms with van der Waals surface area (Å²) in [6.07, 6.45) is 2.46. The number of amides is 1. The summed E-state index contributed by atoms with van der Waals surface area (Å²) in [7, 11) is 0. The van der Waals surface area contributed by atoms with E-state index in [9.17, 15) is 9.90 Å². The Morgan fingerprint density at radius 2 is 2.14 bits per heavy atom. The lowest BCUT2D eigenvalue weighted by molar-refractivity contribution is -0.131. The summed E-state index contributed by atoms with van der Waals surface area (Å²) < 4.78 is 6.85. The highest BCUT2D eigenvalue weighted by atomic mass is 16.5. The van der Waals surface area contributed by atoms with Gasteiger partial charge in [-0.05, 0) is 16.8 Å². The van der Waals surface area contributed by atoms with E-state index in [4.69, 9.17) is 4.74 Å². The van der Waals surface area contributed by atoms with Gasteiger partial charge in [0.25, 0.3) is 0 Å². The van der Waals surface area contributed by atoms with Gasteiger partial charge in [0.15, 0.2) is 0 Å². The number of carbonyl (C=O) groups is 1. The molecule has 3 heterocycles. The van der Waals surface area contributed by atoms with Crippen LogP contribution in [-0.4, -0.2) is 92.6 Å². The molecule has 3 rings (SSSR count). The van der Waals surface area contributed by atoms with Crippen molar-refractivity contribution in [3.05, 3.63) is 6.33 Å². The zero-order chi connectivity index (χ0) is 15.4. The second-order valence-electron chi connectivity index (χ2n) is 6.00. The predicted octanol–water partition coefficient (Wildman–Crippen LogP) is -1.64. The molecule has 1 N–H and O–H groups in total. The van der Waals surface area contributed by atoms with E-state index in [1.54, 1.807) is 4.90 Å². The summed E-state index contributed by atoms with van der Waals surface area (Å²) in [5.74, 6) is 0.0356. The van der Waals surface area contributed by atoms with E-state index < -0.39 is 5.60 Å². The number of tetrazole rings is 1. The molecule has 2 aliphatic rings. The smallest absolute Gasteiger partial charge is 0.224 e. The van der Waals surface area contributed by atoms with E-state index in [1.807, 2.05) is 0 Å². The third-order valence-electron chi connectivity index (χ3n) is 4.25. The van der Waals surface area contributed by atoms with Gasteiger partial charge >= 0.3 is 0 Å². The number of aromatic nitrogens is 4. The lowest BCUT2D eigenvalue weighted by atomic mass is 10.0. The molecule has 0 aliphatic carbocycles. The minimum absolute atomic E-state index is 0.0356. The molecule has 2 aliphatic heterocycles. The highest BCUT2D eigenvalue weighted by Gasteiger charge is 2.39. The first-order chi connectivity index (χ1) is 10.6. The van der Waals surface area contributed by atoms with Gasteiger partial charge in [0, 0.05) is 32.6 Å². The van der Waals surface area contributed by atoms with Crippen molar-refractivity contribution < 1.29 is 14.6 Å². The molecule has 0 saturated carbocycles. The van der Waals surface area contributed by atoms with Gasteiger partial charge < -0.3 is 14.7 Å². The number of rotatable bonds is 5. The number of ether oxygens (including phenoxy) is 1. The number of hydrogen-bond donors (Lipinski definition) is 1. The molecule has 9 heteroatoms. The quantitative estimate of drug-likeness (QED) is 0.696. The zero-order valence-electron chi connectivity index (χ0n) is 12.6. The largest absolute Gasteiger partial charge is 0.387 e. The maximum atomic E-state index is 12.2. The van der Waals surface area contributed by atoms with E-state index in [1.165, 1.54) is 11.0 Å². The van der Waals surface area contributed by atoms with E-state index in [0.717, 1.165) is 13.1 Å². The molecule has 0 radical (unpaired) electrons. The zero-order valence-corrected chi connectivity index (χ0v) is 12.6. The highest BCUT2D eigenvalue weighted by molar-refractivity contribution is 5.76. The lowest BCUT2D eigenvalue weighted by Gasteiger charge is -2.33. The van der Waals surface area contributed by atoms with Crippen molar-refractivity contribution in [2.45, 2.75) is 25.0 Å². The van der Waals surface area contributed by atoms with Crippen LogP contribution in [0, 0.1) is 0 Å². The Labute approximate surface area is 128 Å². The van der Waals surface area contributed by atoms with Gasteiger partial charge in [-0.15, -0.1) is 5.10 Å². The number of β-amino-alcohol motifs (C(OH)–C–C–N with tert-alkyl or cyclic N) is 1. The Morgan fingerprint density at radius 3 is 2.86 bits per heavy atom. The van der Waals surface area contributed by atoms with Crippen LogP contribution in [0.5, 0.6) is 0 Å². The van der Waals surface area contributed by atoms with Crippen LogP contribution in [0.3, 0.4) is 0 Å². The lowest BCUT2D eigenvalue weighted by Crippen LogP contribution is -2.49. The van der Waals surface area contributed by atoms with Crippen LogP contribution < -0.4 is 0 Å². The number of carbonyl (C=O) groups excluding carboxylic acids is 1. The third kappa shape index (κ3) is 3.79. The van der Waals surface area contributed by atoms with Gasteiger partial charge in [0.05, 0.1) is 31.9 Å².